The Hall–Kier alpha value is -2.24. The van der Waals surface area contributed by atoms with Crippen LogP contribution in [0.5, 0.6) is 0 Å². The van der Waals surface area contributed by atoms with Crippen LogP contribution >= 0.6 is 0 Å². The minimum Gasteiger partial charge on any atom is -0.369 e. The molecule has 6 heteroatoms. The second-order valence-electron chi connectivity index (χ2n) is 4.45. The lowest BCUT2D eigenvalue weighted by Gasteiger charge is -2.06. The third kappa shape index (κ3) is 4.46. The number of hydrogen-bond acceptors (Lipinski definition) is 4. The molecule has 0 N–H and O–H groups in total. The van der Waals surface area contributed by atoms with Crippen molar-refractivity contribution in [3.63, 3.8) is 0 Å². The molecule has 20 heavy (non-hydrogen) atoms. The lowest BCUT2D eigenvalue weighted by molar-refractivity contribution is -0.114. The maximum atomic E-state index is 11.7. The summed E-state index contributed by atoms with van der Waals surface area (Å²) < 4.78 is 1.48. The van der Waals surface area contributed by atoms with Gasteiger partial charge in [-0.25, -0.2) is 9.79 Å². The van der Waals surface area contributed by atoms with E-state index in [1.807, 2.05) is 21.0 Å². The molecule has 0 spiro atoms. The summed E-state index contributed by atoms with van der Waals surface area (Å²) in [7, 11) is 3.65. The second kappa shape index (κ2) is 7.37. The molecule has 1 heterocycles. The normalized spacial score (nSPS) is 11.4. The standard InChI is InChI=1S/C14H20N4O2/c1-5-12(19)8-7-11-9-18(6-2)14(20)16-13(11)15-10-17(3)4/h7-10H,5-6H2,1-4H3/b8-7+,15-10?. The lowest BCUT2D eigenvalue weighted by Crippen LogP contribution is -2.22. The average molecular weight is 276 g/mol. The Kier molecular flexibility index (Phi) is 5.83. The second-order valence-corrected chi connectivity index (χ2v) is 4.45. The van der Waals surface area contributed by atoms with Crippen LogP contribution in [0.3, 0.4) is 0 Å². The Bertz CT molecular complexity index is 585. The number of aryl methyl sites for hydroxylation is 1. The Morgan fingerprint density at radius 3 is 2.70 bits per heavy atom. The smallest absolute Gasteiger partial charge is 0.349 e. The Labute approximate surface area is 118 Å². The van der Waals surface area contributed by atoms with Crippen LogP contribution in [-0.2, 0) is 11.3 Å². The molecular formula is C14H20N4O2. The van der Waals surface area contributed by atoms with E-state index in [1.54, 1.807) is 30.4 Å². The molecule has 1 aromatic rings. The van der Waals surface area contributed by atoms with Gasteiger partial charge in [0.25, 0.3) is 0 Å². The molecule has 0 aliphatic carbocycles. The summed E-state index contributed by atoms with van der Waals surface area (Å²) in [6.07, 6.45) is 6.80. The van der Waals surface area contributed by atoms with E-state index in [1.165, 1.54) is 10.6 Å². The maximum absolute atomic E-state index is 11.7. The molecule has 108 valence electrons. The number of carbonyl (C=O) groups excluding carboxylic acids is 1. The molecular weight excluding hydrogens is 256 g/mol. The molecule has 1 rings (SSSR count). The van der Waals surface area contributed by atoms with E-state index in [4.69, 9.17) is 0 Å². The molecule has 0 atom stereocenters. The molecule has 0 radical (unpaired) electrons. The fourth-order valence-corrected chi connectivity index (χ4v) is 1.42. The van der Waals surface area contributed by atoms with Gasteiger partial charge in [-0.2, -0.15) is 4.98 Å². The number of rotatable bonds is 6. The number of aromatic nitrogens is 2. The van der Waals surface area contributed by atoms with Crippen molar-refractivity contribution in [1.29, 1.82) is 0 Å². The highest BCUT2D eigenvalue weighted by molar-refractivity contribution is 5.93. The van der Waals surface area contributed by atoms with Crippen molar-refractivity contribution >= 4 is 24.0 Å². The van der Waals surface area contributed by atoms with E-state index >= 15 is 0 Å². The Balaban J connectivity index is 3.26. The zero-order valence-corrected chi connectivity index (χ0v) is 12.3. The molecule has 1 aromatic heterocycles. The highest BCUT2D eigenvalue weighted by atomic mass is 16.1. The lowest BCUT2D eigenvalue weighted by atomic mass is 10.2. The summed E-state index contributed by atoms with van der Waals surface area (Å²) in [5.74, 6) is 0.329. The van der Waals surface area contributed by atoms with Gasteiger partial charge in [-0.05, 0) is 19.1 Å². The first-order valence-corrected chi connectivity index (χ1v) is 6.51. The monoisotopic (exact) mass is 276 g/mol. The van der Waals surface area contributed by atoms with Crippen LogP contribution in [-0.4, -0.2) is 40.7 Å². The number of carbonyl (C=O) groups is 1. The molecule has 0 aromatic carbocycles. The Morgan fingerprint density at radius 2 is 2.15 bits per heavy atom. The van der Waals surface area contributed by atoms with Crippen molar-refractivity contribution in [3.8, 4) is 0 Å². The topological polar surface area (TPSA) is 67.6 Å². The van der Waals surface area contributed by atoms with Crippen molar-refractivity contribution in [2.75, 3.05) is 14.1 Å². The van der Waals surface area contributed by atoms with E-state index in [9.17, 15) is 9.59 Å². The van der Waals surface area contributed by atoms with Crippen LogP contribution in [0.1, 0.15) is 25.8 Å². The van der Waals surface area contributed by atoms with E-state index < -0.39 is 0 Å². The quantitative estimate of drug-likeness (QED) is 0.448. The maximum Gasteiger partial charge on any atom is 0.349 e. The van der Waals surface area contributed by atoms with Gasteiger partial charge in [-0.3, -0.25) is 9.36 Å². The molecule has 0 saturated heterocycles. The van der Waals surface area contributed by atoms with Crippen LogP contribution in [0, 0.1) is 0 Å². The van der Waals surface area contributed by atoms with Gasteiger partial charge in [-0.15, -0.1) is 0 Å². The minimum absolute atomic E-state index is 0.0155. The van der Waals surface area contributed by atoms with E-state index in [2.05, 4.69) is 9.98 Å². The van der Waals surface area contributed by atoms with Crippen LogP contribution in [0.2, 0.25) is 0 Å². The van der Waals surface area contributed by atoms with Gasteiger partial charge < -0.3 is 4.90 Å². The summed E-state index contributed by atoms with van der Waals surface area (Å²) in [4.78, 5) is 32.9. The number of ketones is 1. The van der Waals surface area contributed by atoms with Gasteiger partial charge in [0.2, 0.25) is 0 Å². The number of hydrogen-bond donors (Lipinski definition) is 0. The molecule has 6 nitrogen and oxygen atoms in total. The minimum atomic E-state index is -0.350. The van der Waals surface area contributed by atoms with Crippen molar-refractivity contribution in [2.24, 2.45) is 4.99 Å². The molecule has 0 unspecified atom stereocenters. The number of nitrogens with zero attached hydrogens (tertiary/aromatic N) is 4. The van der Waals surface area contributed by atoms with Crippen molar-refractivity contribution in [2.45, 2.75) is 26.8 Å². The molecule has 0 fully saturated rings. The fraction of sp³-hybridized carbons (Fsp3) is 0.429. The van der Waals surface area contributed by atoms with Gasteiger partial charge >= 0.3 is 5.69 Å². The van der Waals surface area contributed by atoms with E-state index in [-0.39, 0.29) is 11.5 Å². The first kappa shape index (κ1) is 15.8. The number of aliphatic imine (C=N–C) groups is 1. The summed E-state index contributed by atoms with van der Waals surface area (Å²) in [5.41, 5.74) is 0.295. The molecule has 0 saturated carbocycles. The average Bonchev–Trinajstić information content (AvgIpc) is 2.43. The van der Waals surface area contributed by atoms with Crippen LogP contribution in [0.15, 0.2) is 22.1 Å². The third-order valence-corrected chi connectivity index (χ3v) is 2.55. The zero-order valence-electron chi connectivity index (χ0n) is 12.3. The summed E-state index contributed by atoms with van der Waals surface area (Å²) in [6, 6.07) is 0. The number of allylic oxidation sites excluding steroid dienone is 1. The molecule has 0 aliphatic rings. The van der Waals surface area contributed by atoms with Crippen molar-refractivity contribution in [3.05, 3.63) is 28.3 Å². The fourth-order valence-electron chi connectivity index (χ4n) is 1.42. The van der Waals surface area contributed by atoms with E-state index in [0.717, 1.165) is 0 Å². The molecule has 0 bridgehead atoms. The Morgan fingerprint density at radius 1 is 1.45 bits per heavy atom. The third-order valence-electron chi connectivity index (χ3n) is 2.55. The summed E-state index contributed by atoms with van der Waals surface area (Å²) in [6.45, 7) is 4.17. The predicted molar refractivity (Wildman–Crippen MR) is 80.3 cm³/mol. The van der Waals surface area contributed by atoms with Gasteiger partial charge in [0.15, 0.2) is 11.6 Å². The van der Waals surface area contributed by atoms with Gasteiger partial charge in [0.05, 0.1) is 6.34 Å². The van der Waals surface area contributed by atoms with Crippen molar-refractivity contribution in [1.82, 2.24) is 14.5 Å². The SMILES string of the molecule is CCC(=O)/C=C/c1cn(CC)c(=O)nc1N=CN(C)C. The van der Waals surface area contributed by atoms with Crippen LogP contribution in [0.25, 0.3) is 6.08 Å². The summed E-state index contributed by atoms with van der Waals surface area (Å²) >= 11 is 0. The van der Waals surface area contributed by atoms with Gasteiger partial charge in [0.1, 0.15) is 0 Å². The van der Waals surface area contributed by atoms with Gasteiger partial charge in [-0.1, -0.05) is 6.92 Å². The molecule has 0 aliphatic heterocycles. The van der Waals surface area contributed by atoms with Crippen LogP contribution < -0.4 is 5.69 Å². The van der Waals surface area contributed by atoms with Crippen molar-refractivity contribution < 1.29 is 4.79 Å². The largest absolute Gasteiger partial charge is 0.369 e. The first-order valence-electron chi connectivity index (χ1n) is 6.51. The first-order chi connectivity index (χ1) is 9.47. The van der Waals surface area contributed by atoms with Crippen LogP contribution in [0.4, 0.5) is 5.82 Å². The summed E-state index contributed by atoms with van der Waals surface area (Å²) in [5, 5.41) is 0. The molecule has 0 amide bonds. The zero-order chi connectivity index (χ0) is 15.1. The predicted octanol–water partition coefficient (Wildman–Crippen LogP) is 1.48. The van der Waals surface area contributed by atoms with Gasteiger partial charge in [0, 0.05) is 38.8 Å². The highest BCUT2D eigenvalue weighted by Gasteiger charge is 2.05. The highest BCUT2D eigenvalue weighted by Crippen LogP contribution is 2.15. The van der Waals surface area contributed by atoms with E-state index in [0.29, 0.717) is 24.3 Å².